The number of aliphatic hydroxyl groups is 1. The van der Waals surface area contributed by atoms with Gasteiger partial charge in [-0.05, 0) is 113 Å². The molecular weight excluding hydrogens is 422 g/mol. The first-order chi connectivity index (χ1) is 16.2. The van der Waals surface area contributed by atoms with E-state index in [4.69, 9.17) is 16.2 Å². The van der Waals surface area contributed by atoms with Crippen molar-refractivity contribution in [3.63, 3.8) is 0 Å². The van der Waals surface area contributed by atoms with E-state index >= 15 is 0 Å². The molecule has 2 saturated heterocycles. The first kappa shape index (κ1) is 23.5. The number of aliphatic hydroxyl groups excluding tert-OH is 1. The van der Waals surface area contributed by atoms with Crippen LogP contribution in [0.15, 0.2) is 23.9 Å². The van der Waals surface area contributed by atoms with Crippen molar-refractivity contribution in [1.82, 2.24) is 5.32 Å². The van der Waals surface area contributed by atoms with Crippen LogP contribution in [-0.4, -0.2) is 34.6 Å². The van der Waals surface area contributed by atoms with E-state index in [0.717, 1.165) is 19.3 Å². The fourth-order valence-corrected chi connectivity index (χ4v) is 10.5. The van der Waals surface area contributed by atoms with Gasteiger partial charge in [0.05, 0.1) is 17.4 Å². The molecule has 1 unspecified atom stereocenters. The lowest BCUT2D eigenvalue weighted by Crippen LogP contribution is -2.78. The number of ether oxygens (including phenoxy) is 1. The molecule has 1 spiro atoms. The normalized spacial score (nSPS) is 48.6. The van der Waals surface area contributed by atoms with Gasteiger partial charge in [-0.1, -0.05) is 18.9 Å². The number of nitrogens with two attached hydrogens (primary N) is 2. The van der Waals surface area contributed by atoms with Crippen LogP contribution in [0.3, 0.4) is 0 Å². The van der Waals surface area contributed by atoms with Gasteiger partial charge < -0.3 is 26.6 Å². The molecule has 6 N–H and O–H groups in total. The summed E-state index contributed by atoms with van der Waals surface area (Å²) in [6, 6.07) is 0. The van der Waals surface area contributed by atoms with E-state index < -0.39 is 0 Å². The lowest BCUT2D eigenvalue weighted by atomic mass is 9.43. The van der Waals surface area contributed by atoms with E-state index in [1.807, 2.05) is 0 Å². The maximum atomic E-state index is 10.3. The molecular formula is C29H47N3O2. The summed E-state index contributed by atoms with van der Waals surface area (Å²) in [5.74, 6) is 2.47. The molecule has 0 aromatic carbocycles. The first-order valence-electron chi connectivity index (χ1n) is 14.2. The molecule has 4 bridgehead atoms. The zero-order valence-corrected chi connectivity index (χ0v) is 21.4. The number of nitrogens with one attached hydrogen (secondary N) is 1. The standard InChI is InChI=1S/C29H47N3O2/c1-26(2)25-21-6-7-22(17-33)29(25,31)18-28(14-21,34-26)23-12-20(11-19-5-8-24(30)32-16-19)13-27(15-23)9-3-4-10-27/h5,8,16,20-25,32-33H,3-4,6-7,9-15,17-18,30-31H2,1-2H3/t20-,21+,22-,23+,24?,25+,28+,29-/m1/s1. The summed E-state index contributed by atoms with van der Waals surface area (Å²) < 4.78 is 7.23. The van der Waals surface area contributed by atoms with Gasteiger partial charge in [-0.15, -0.1) is 0 Å². The van der Waals surface area contributed by atoms with Gasteiger partial charge in [0.15, 0.2) is 0 Å². The van der Waals surface area contributed by atoms with Gasteiger partial charge in [0.2, 0.25) is 0 Å². The number of rotatable bonds is 4. The molecule has 4 aliphatic carbocycles. The predicted molar refractivity (Wildman–Crippen MR) is 136 cm³/mol. The second-order valence-corrected chi connectivity index (χ2v) is 13.8. The third-order valence-corrected chi connectivity index (χ3v) is 11.3. The highest BCUT2D eigenvalue weighted by Crippen LogP contribution is 2.67. The Morgan fingerprint density at radius 3 is 2.65 bits per heavy atom. The molecule has 7 aliphatic rings. The Morgan fingerprint density at radius 1 is 1.15 bits per heavy atom. The van der Waals surface area contributed by atoms with Crippen LogP contribution in [-0.2, 0) is 4.74 Å². The van der Waals surface area contributed by atoms with Crippen molar-refractivity contribution in [1.29, 1.82) is 0 Å². The molecule has 0 radical (unpaired) electrons. The average Bonchev–Trinajstić information content (AvgIpc) is 3.20. The van der Waals surface area contributed by atoms with E-state index in [1.165, 1.54) is 63.4 Å². The van der Waals surface area contributed by atoms with Crippen molar-refractivity contribution in [2.24, 2.45) is 46.5 Å². The van der Waals surface area contributed by atoms with Crippen LogP contribution in [0.1, 0.15) is 90.9 Å². The van der Waals surface area contributed by atoms with Crippen molar-refractivity contribution in [2.45, 2.75) is 114 Å². The third-order valence-electron chi connectivity index (χ3n) is 11.3. The van der Waals surface area contributed by atoms with E-state index in [-0.39, 0.29) is 35.4 Å². The van der Waals surface area contributed by atoms with Crippen LogP contribution in [0.2, 0.25) is 0 Å². The van der Waals surface area contributed by atoms with Crippen LogP contribution in [0.5, 0.6) is 0 Å². The Hall–Kier alpha value is -0.880. The zero-order chi connectivity index (χ0) is 23.8. The molecule has 3 aliphatic heterocycles. The van der Waals surface area contributed by atoms with Gasteiger partial charge >= 0.3 is 0 Å². The van der Waals surface area contributed by atoms with Gasteiger partial charge in [-0.25, -0.2) is 0 Å². The molecule has 0 amide bonds. The van der Waals surface area contributed by atoms with E-state index in [2.05, 4.69) is 37.5 Å². The van der Waals surface area contributed by atoms with Crippen LogP contribution in [0.4, 0.5) is 0 Å². The first-order valence-corrected chi connectivity index (χ1v) is 14.2. The summed E-state index contributed by atoms with van der Waals surface area (Å²) in [5.41, 5.74) is 14.6. The van der Waals surface area contributed by atoms with Gasteiger partial charge in [-0.2, -0.15) is 0 Å². The Balaban J connectivity index is 1.33. The van der Waals surface area contributed by atoms with Crippen molar-refractivity contribution in [3.8, 4) is 0 Å². The van der Waals surface area contributed by atoms with Crippen molar-refractivity contribution in [3.05, 3.63) is 23.9 Å². The monoisotopic (exact) mass is 469 g/mol. The second kappa shape index (κ2) is 8.06. The number of fused-ring (bicyclic) bond motifs is 1. The minimum atomic E-state index is -0.290. The van der Waals surface area contributed by atoms with Gasteiger partial charge in [-0.3, -0.25) is 0 Å². The molecule has 5 nitrogen and oxygen atoms in total. The summed E-state index contributed by atoms with van der Waals surface area (Å²) in [7, 11) is 0. The molecule has 7 rings (SSSR count). The zero-order valence-electron chi connectivity index (χ0n) is 21.4. The molecule has 0 aromatic rings. The predicted octanol–water partition coefficient (Wildman–Crippen LogP) is 4.35. The Kier molecular flexibility index (Phi) is 5.58. The molecule has 34 heavy (non-hydrogen) atoms. The Labute approximate surface area is 206 Å². The van der Waals surface area contributed by atoms with E-state index in [9.17, 15) is 5.11 Å². The summed E-state index contributed by atoms with van der Waals surface area (Å²) in [6.07, 6.45) is 21.4. The molecule has 8 atom stereocenters. The largest absolute Gasteiger partial charge is 0.396 e. The lowest BCUT2D eigenvalue weighted by Gasteiger charge is -2.71. The lowest BCUT2D eigenvalue weighted by molar-refractivity contribution is -0.324. The quantitative estimate of drug-likeness (QED) is 0.491. The molecule has 0 aromatic heterocycles. The Bertz CT molecular complexity index is 861. The maximum Gasteiger partial charge on any atom is 0.0934 e. The third kappa shape index (κ3) is 3.64. The summed E-state index contributed by atoms with van der Waals surface area (Å²) in [6.45, 7) is 4.83. The highest BCUT2D eigenvalue weighted by molar-refractivity contribution is 5.25. The number of hydrogen-bond acceptors (Lipinski definition) is 5. The number of dihydropyridines is 1. The van der Waals surface area contributed by atoms with Crippen LogP contribution in [0, 0.1) is 35.0 Å². The van der Waals surface area contributed by atoms with Crippen molar-refractivity contribution >= 4 is 0 Å². The molecule has 5 heteroatoms. The minimum absolute atomic E-state index is 0.0596. The molecule has 6 fully saturated rings. The minimum Gasteiger partial charge on any atom is -0.396 e. The maximum absolute atomic E-state index is 10.3. The molecule has 190 valence electrons. The van der Waals surface area contributed by atoms with E-state index in [1.54, 1.807) is 0 Å². The molecule has 4 saturated carbocycles. The van der Waals surface area contributed by atoms with Crippen LogP contribution in [0.25, 0.3) is 0 Å². The number of allylic oxidation sites excluding steroid dienone is 2. The fraction of sp³-hybridized carbons (Fsp3) is 0.862. The molecule has 3 heterocycles. The topological polar surface area (TPSA) is 93.5 Å². The SMILES string of the molecule is CC1(C)O[C@@]2([C@H]3C[C@@H](CC4=CNC(N)C=C4)CC4(CCCC4)C3)C[C@@H]3CC[C@H](CO)[C@](N)(C2)[C@@H]31. The van der Waals surface area contributed by atoms with Crippen LogP contribution >= 0.6 is 0 Å². The average molecular weight is 470 g/mol. The van der Waals surface area contributed by atoms with Crippen LogP contribution < -0.4 is 16.8 Å². The van der Waals surface area contributed by atoms with E-state index in [0.29, 0.717) is 29.1 Å². The summed E-state index contributed by atoms with van der Waals surface area (Å²) in [5, 5.41) is 13.6. The van der Waals surface area contributed by atoms with Crippen molar-refractivity contribution < 1.29 is 9.84 Å². The Morgan fingerprint density at radius 2 is 1.94 bits per heavy atom. The second-order valence-electron chi connectivity index (χ2n) is 13.8. The highest BCUT2D eigenvalue weighted by atomic mass is 16.5. The summed E-state index contributed by atoms with van der Waals surface area (Å²) in [4.78, 5) is 0. The van der Waals surface area contributed by atoms with Crippen molar-refractivity contribution in [2.75, 3.05) is 6.61 Å². The number of hydrogen-bond donors (Lipinski definition) is 4. The summed E-state index contributed by atoms with van der Waals surface area (Å²) >= 11 is 0. The van der Waals surface area contributed by atoms with Gasteiger partial charge in [0.1, 0.15) is 0 Å². The highest BCUT2D eigenvalue weighted by Gasteiger charge is 2.70. The van der Waals surface area contributed by atoms with Gasteiger partial charge in [0.25, 0.3) is 0 Å². The van der Waals surface area contributed by atoms with Gasteiger partial charge in [0, 0.05) is 30.2 Å². The smallest absolute Gasteiger partial charge is 0.0934 e. The fourth-order valence-electron chi connectivity index (χ4n) is 10.5.